The van der Waals surface area contributed by atoms with Crippen LogP contribution in [0.4, 0.5) is 11.8 Å². The van der Waals surface area contributed by atoms with Crippen molar-refractivity contribution in [3.8, 4) is 0 Å². The topological polar surface area (TPSA) is 95.6 Å². The molecule has 2 aliphatic heterocycles. The van der Waals surface area contributed by atoms with E-state index >= 15 is 0 Å². The molecule has 0 saturated carbocycles. The molecular weight excluding hydrogens is 318 g/mol. The van der Waals surface area contributed by atoms with Gasteiger partial charge in [-0.1, -0.05) is 6.92 Å². The van der Waals surface area contributed by atoms with Gasteiger partial charge in [-0.15, -0.1) is 0 Å². The van der Waals surface area contributed by atoms with Crippen molar-refractivity contribution < 1.29 is 9.90 Å². The van der Waals surface area contributed by atoms with E-state index in [9.17, 15) is 9.90 Å². The van der Waals surface area contributed by atoms with Crippen LogP contribution in [0.15, 0.2) is 0 Å². The van der Waals surface area contributed by atoms with E-state index in [2.05, 4.69) is 21.8 Å². The third-order valence-electron chi connectivity index (χ3n) is 5.76. The largest absolute Gasteiger partial charge is 0.391 e. The number of aryl methyl sites for hydroxylation is 1. The van der Waals surface area contributed by atoms with E-state index in [1.165, 1.54) is 0 Å². The number of anilines is 2. The number of β-amino-alcohol motifs (C(OH)–C–C–N with tert-alkyl or cyclic N) is 1. The van der Waals surface area contributed by atoms with Gasteiger partial charge in [0, 0.05) is 44.4 Å². The quantitative estimate of drug-likeness (QED) is 0.833. The zero-order valence-corrected chi connectivity index (χ0v) is 15.5. The minimum absolute atomic E-state index is 0.0137. The van der Waals surface area contributed by atoms with Gasteiger partial charge in [-0.25, -0.2) is 4.98 Å². The zero-order chi connectivity index (χ0) is 18.2. The molecule has 138 valence electrons. The van der Waals surface area contributed by atoms with Crippen molar-refractivity contribution in [2.75, 3.05) is 36.8 Å². The highest BCUT2D eigenvalue weighted by Crippen LogP contribution is 2.41. The molecule has 7 nitrogen and oxygen atoms in total. The number of nitrogens with two attached hydrogens (primary N) is 1. The maximum atomic E-state index is 11.8. The van der Waals surface area contributed by atoms with Crippen molar-refractivity contribution in [3.63, 3.8) is 0 Å². The Kier molecular flexibility index (Phi) is 4.86. The highest BCUT2D eigenvalue weighted by Gasteiger charge is 2.42. The lowest BCUT2D eigenvalue weighted by Gasteiger charge is -2.49. The minimum atomic E-state index is -0.424. The van der Waals surface area contributed by atoms with E-state index in [4.69, 9.17) is 5.73 Å². The molecule has 0 aliphatic carbocycles. The molecule has 1 atom stereocenters. The number of aliphatic hydroxyl groups is 1. The highest BCUT2D eigenvalue weighted by atomic mass is 16.3. The Bertz CT molecular complexity index is 655. The lowest BCUT2D eigenvalue weighted by molar-refractivity contribution is -0.137. The molecule has 1 amide bonds. The van der Waals surface area contributed by atoms with E-state index in [0.29, 0.717) is 12.5 Å². The van der Waals surface area contributed by atoms with Gasteiger partial charge in [0.2, 0.25) is 11.9 Å². The molecule has 1 aromatic heterocycles. The molecule has 3 heterocycles. The summed E-state index contributed by atoms with van der Waals surface area (Å²) < 4.78 is 0. The van der Waals surface area contributed by atoms with Gasteiger partial charge in [0.1, 0.15) is 5.82 Å². The number of nitrogens with zero attached hydrogens (tertiary/aromatic N) is 4. The number of piperidine rings is 2. The average molecular weight is 347 g/mol. The van der Waals surface area contributed by atoms with Crippen molar-refractivity contribution in [3.05, 3.63) is 11.3 Å². The van der Waals surface area contributed by atoms with E-state index < -0.39 is 6.10 Å². The van der Waals surface area contributed by atoms with Crippen molar-refractivity contribution in [1.82, 2.24) is 14.9 Å². The molecule has 3 N–H and O–H groups in total. The molecule has 2 saturated heterocycles. The second-order valence-electron chi connectivity index (χ2n) is 7.57. The van der Waals surface area contributed by atoms with Crippen molar-refractivity contribution in [2.45, 2.75) is 52.6 Å². The number of amides is 1. The number of likely N-dealkylation sites (tertiary alicyclic amines) is 1. The summed E-state index contributed by atoms with van der Waals surface area (Å²) in [5.74, 6) is 1.32. The van der Waals surface area contributed by atoms with Gasteiger partial charge < -0.3 is 20.6 Å². The van der Waals surface area contributed by atoms with Crippen molar-refractivity contribution in [2.24, 2.45) is 5.41 Å². The van der Waals surface area contributed by atoms with Crippen LogP contribution in [0, 0.1) is 12.3 Å². The maximum Gasteiger partial charge on any atom is 0.222 e. The van der Waals surface area contributed by atoms with Gasteiger partial charge in [-0.05, 0) is 38.0 Å². The second kappa shape index (κ2) is 6.78. The summed E-state index contributed by atoms with van der Waals surface area (Å²) in [5, 5.41) is 10.2. The molecule has 2 fully saturated rings. The highest BCUT2D eigenvalue weighted by molar-refractivity contribution is 5.73. The zero-order valence-electron chi connectivity index (χ0n) is 15.5. The Morgan fingerprint density at radius 2 is 2.04 bits per heavy atom. The molecular formula is C18H29N5O2. The third-order valence-corrected chi connectivity index (χ3v) is 5.76. The summed E-state index contributed by atoms with van der Waals surface area (Å²) in [6.45, 7) is 8.61. The Morgan fingerprint density at radius 1 is 1.36 bits per heavy atom. The molecule has 7 heteroatoms. The van der Waals surface area contributed by atoms with E-state index in [-0.39, 0.29) is 11.3 Å². The molecule has 0 aromatic carbocycles. The normalized spacial score (nSPS) is 23.1. The average Bonchev–Trinajstić information content (AvgIpc) is 2.54. The summed E-state index contributed by atoms with van der Waals surface area (Å²) in [6, 6.07) is 0. The van der Waals surface area contributed by atoms with Gasteiger partial charge in [0.05, 0.1) is 6.10 Å². The van der Waals surface area contributed by atoms with Crippen LogP contribution in [0.25, 0.3) is 0 Å². The van der Waals surface area contributed by atoms with Crippen molar-refractivity contribution >= 4 is 17.7 Å². The molecule has 3 rings (SSSR count). The van der Waals surface area contributed by atoms with Gasteiger partial charge >= 0.3 is 0 Å². The standard InChI is InChI=1S/C18H29N5O2/c1-4-15-12(2)20-17(19)21-16(15)22-7-5-18(6-8-22)9-14(25)10-23(11-18)13(3)24/h14,25H,4-11H2,1-3H3,(H2,19,20,21). The number of rotatable bonds is 2. The van der Waals surface area contributed by atoms with Crippen LogP contribution in [-0.2, 0) is 11.2 Å². The predicted octanol–water partition coefficient (Wildman–Crippen LogP) is 1.13. The Labute approximate surface area is 149 Å². The van der Waals surface area contributed by atoms with E-state index in [1.54, 1.807) is 11.8 Å². The molecule has 2 aliphatic rings. The van der Waals surface area contributed by atoms with Gasteiger partial charge in [-0.2, -0.15) is 4.98 Å². The first kappa shape index (κ1) is 17.9. The lowest BCUT2D eigenvalue weighted by atomic mass is 9.71. The third kappa shape index (κ3) is 3.56. The van der Waals surface area contributed by atoms with Crippen LogP contribution in [0.5, 0.6) is 0 Å². The van der Waals surface area contributed by atoms with E-state index in [1.807, 2.05) is 6.92 Å². The lowest BCUT2D eigenvalue weighted by Crippen LogP contribution is -2.55. The summed E-state index contributed by atoms with van der Waals surface area (Å²) >= 11 is 0. The van der Waals surface area contributed by atoms with Gasteiger partial charge in [0.15, 0.2) is 0 Å². The number of carbonyl (C=O) groups is 1. The molecule has 25 heavy (non-hydrogen) atoms. The van der Waals surface area contributed by atoms with Gasteiger partial charge in [0.25, 0.3) is 0 Å². The first-order valence-corrected chi connectivity index (χ1v) is 9.15. The Balaban J connectivity index is 1.77. The minimum Gasteiger partial charge on any atom is -0.391 e. The van der Waals surface area contributed by atoms with Crippen LogP contribution in [0.2, 0.25) is 0 Å². The molecule has 1 spiro atoms. The van der Waals surface area contributed by atoms with Crippen LogP contribution in [-0.4, -0.2) is 58.2 Å². The fourth-order valence-corrected chi connectivity index (χ4v) is 4.43. The number of carbonyl (C=O) groups excluding carboxylic acids is 1. The monoisotopic (exact) mass is 347 g/mol. The summed E-state index contributed by atoms with van der Waals surface area (Å²) in [6.07, 6.45) is 3.11. The van der Waals surface area contributed by atoms with Crippen LogP contribution in [0.3, 0.4) is 0 Å². The molecule has 0 radical (unpaired) electrons. The Morgan fingerprint density at radius 3 is 2.64 bits per heavy atom. The molecule has 0 bridgehead atoms. The predicted molar refractivity (Wildman–Crippen MR) is 97.3 cm³/mol. The molecule has 1 unspecified atom stereocenters. The summed E-state index contributed by atoms with van der Waals surface area (Å²) in [7, 11) is 0. The first-order chi connectivity index (χ1) is 11.8. The first-order valence-electron chi connectivity index (χ1n) is 9.15. The Hall–Kier alpha value is -1.89. The maximum absolute atomic E-state index is 11.8. The summed E-state index contributed by atoms with van der Waals surface area (Å²) in [4.78, 5) is 24.7. The SMILES string of the molecule is CCc1c(C)nc(N)nc1N1CCC2(CC1)CC(O)CN(C(C)=O)C2. The number of aromatic nitrogens is 2. The molecule has 1 aromatic rings. The van der Waals surface area contributed by atoms with Crippen LogP contribution in [0.1, 0.15) is 44.4 Å². The number of aliphatic hydroxyl groups excluding tert-OH is 1. The fourth-order valence-electron chi connectivity index (χ4n) is 4.43. The summed E-state index contributed by atoms with van der Waals surface area (Å²) in [5.41, 5.74) is 7.98. The number of hydrogen-bond acceptors (Lipinski definition) is 6. The van der Waals surface area contributed by atoms with Crippen LogP contribution >= 0.6 is 0 Å². The van der Waals surface area contributed by atoms with Gasteiger partial charge in [-0.3, -0.25) is 4.79 Å². The smallest absolute Gasteiger partial charge is 0.222 e. The van der Waals surface area contributed by atoms with E-state index in [0.717, 1.165) is 62.4 Å². The number of nitrogen functional groups attached to an aromatic ring is 1. The number of hydrogen-bond donors (Lipinski definition) is 2. The van der Waals surface area contributed by atoms with Crippen molar-refractivity contribution in [1.29, 1.82) is 0 Å². The fraction of sp³-hybridized carbons (Fsp3) is 0.722. The van der Waals surface area contributed by atoms with Crippen LogP contribution < -0.4 is 10.6 Å². The second-order valence-corrected chi connectivity index (χ2v) is 7.57.